The minimum atomic E-state index is 0.413. The summed E-state index contributed by atoms with van der Waals surface area (Å²) in [5.41, 5.74) is 0. The fourth-order valence-electron chi connectivity index (χ4n) is 0.586. The van der Waals surface area contributed by atoms with Gasteiger partial charge in [0.2, 0.25) is 0 Å². The fourth-order valence-corrected chi connectivity index (χ4v) is 0.586. The Hall–Kier alpha value is -0.500. The minimum absolute atomic E-state index is 0.413. The van der Waals surface area contributed by atoms with Crippen LogP contribution in [0.2, 0.25) is 0 Å². The Kier molecular flexibility index (Phi) is 2.46. The van der Waals surface area contributed by atoms with Gasteiger partial charge in [0.1, 0.15) is 0 Å². The van der Waals surface area contributed by atoms with Gasteiger partial charge in [-0.3, -0.25) is 0 Å². The van der Waals surface area contributed by atoms with Crippen molar-refractivity contribution in [2.75, 3.05) is 13.4 Å². The molecule has 0 atom stereocenters. The number of rotatable bonds is 0. The monoisotopic (exact) mass is 114 g/mol. The van der Waals surface area contributed by atoms with E-state index in [0.717, 1.165) is 19.4 Å². The summed E-state index contributed by atoms with van der Waals surface area (Å²) in [6, 6.07) is 0. The van der Waals surface area contributed by atoms with Crippen molar-refractivity contribution in [3.05, 3.63) is 12.3 Å². The Labute approximate surface area is 49.1 Å². The number of ether oxygens (including phenoxy) is 2. The van der Waals surface area contributed by atoms with E-state index in [1.54, 1.807) is 6.26 Å². The molecule has 1 aliphatic heterocycles. The van der Waals surface area contributed by atoms with Crippen LogP contribution in [0.4, 0.5) is 0 Å². The first-order valence-electron chi connectivity index (χ1n) is 2.84. The predicted molar refractivity (Wildman–Crippen MR) is 30.3 cm³/mol. The van der Waals surface area contributed by atoms with E-state index in [1.807, 2.05) is 6.08 Å². The molecule has 0 amide bonds. The zero-order valence-electron chi connectivity index (χ0n) is 4.80. The predicted octanol–water partition coefficient (Wildman–Crippen LogP) is 1.28. The molecule has 0 unspecified atom stereocenters. The van der Waals surface area contributed by atoms with Gasteiger partial charge in [0, 0.05) is 0 Å². The number of allylic oxidation sites excluding steroid dienone is 1. The standard InChI is InChI=1S/C6H10O2/c1-2-4-7-6-8-5-3-1/h2,4H,1,3,5-6H2/b4-2-. The first-order chi connectivity index (χ1) is 4.00. The highest BCUT2D eigenvalue weighted by Gasteiger charge is 1.88. The summed E-state index contributed by atoms with van der Waals surface area (Å²) in [6.07, 6.45) is 5.89. The van der Waals surface area contributed by atoms with Crippen molar-refractivity contribution in [3.8, 4) is 0 Å². The lowest BCUT2D eigenvalue weighted by atomic mass is 10.3. The van der Waals surface area contributed by atoms with Crippen LogP contribution in [0, 0.1) is 0 Å². The highest BCUT2D eigenvalue weighted by atomic mass is 16.7. The van der Waals surface area contributed by atoms with E-state index in [0.29, 0.717) is 6.79 Å². The second kappa shape index (κ2) is 3.50. The van der Waals surface area contributed by atoms with Crippen molar-refractivity contribution in [2.24, 2.45) is 0 Å². The molecule has 0 aromatic carbocycles. The first-order valence-corrected chi connectivity index (χ1v) is 2.84. The van der Waals surface area contributed by atoms with Crippen molar-refractivity contribution in [1.29, 1.82) is 0 Å². The van der Waals surface area contributed by atoms with E-state index in [2.05, 4.69) is 0 Å². The molecule has 0 aromatic rings. The Morgan fingerprint density at radius 2 is 2.38 bits per heavy atom. The lowest BCUT2D eigenvalue weighted by Crippen LogP contribution is -1.99. The van der Waals surface area contributed by atoms with Gasteiger partial charge in [-0.05, 0) is 18.9 Å². The van der Waals surface area contributed by atoms with Crippen LogP contribution in [-0.4, -0.2) is 13.4 Å². The molecular formula is C6H10O2. The van der Waals surface area contributed by atoms with E-state index in [4.69, 9.17) is 9.47 Å². The Balaban J connectivity index is 2.17. The first kappa shape index (κ1) is 5.63. The van der Waals surface area contributed by atoms with Crippen molar-refractivity contribution in [3.63, 3.8) is 0 Å². The van der Waals surface area contributed by atoms with Gasteiger partial charge in [0.25, 0.3) is 0 Å². The van der Waals surface area contributed by atoms with Crippen LogP contribution in [-0.2, 0) is 9.47 Å². The summed E-state index contributed by atoms with van der Waals surface area (Å²) in [7, 11) is 0. The van der Waals surface area contributed by atoms with Gasteiger partial charge in [0.05, 0.1) is 12.9 Å². The quantitative estimate of drug-likeness (QED) is 0.472. The molecule has 2 nitrogen and oxygen atoms in total. The van der Waals surface area contributed by atoms with Gasteiger partial charge >= 0.3 is 0 Å². The molecule has 0 N–H and O–H groups in total. The second-order valence-corrected chi connectivity index (χ2v) is 1.71. The molecule has 0 radical (unpaired) electrons. The minimum Gasteiger partial charge on any atom is -0.475 e. The second-order valence-electron chi connectivity index (χ2n) is 1.71. The van der Waals surface area contributed by atoms with Crippen LogP contribution >= 0.6 is 0 Å². The molecular weight excluding hydrogens is 104 g/mol. The third-order valence-corrected chi connectivity index (χ3v) is 1.00. The molecule has 1 aliphatic rings. The molecule has 0 aromatic heterocycles. The van der Waals surface area contributed by atoms with Crippen LogP contribution in [0.3, 0.4) is 0 Å². The lowest BCUT2D eigenvalue weighted by Gasteiger charge is -2.04. The van der Waals surface area contributed by atoms with Crippen LogP contribution in [0.5, 0.6) is 0 Å². The molecule has 1 heterocycles. The van der Waals surface area contributed by atoms with Crippen LogP contribution in [0.25, 0.3) is 0 Å². The van der Waals surface area contributed by atoms with Crippen LogP contribution in [0.15, 0.2) is 12.3 Å². The Morgan fingerprint density at radius 1 is 1.38 bits per heavy atom. The molecule has 0 saturated carbocycles. The molecule has 8 heavy (non-hydrogen) atoms. The molecule has 0 bridgehead atoms. The van der Waals surface area contributed by atoms with Crippen molar-refractivity contribution >= 4 is 0 Å². The molecule has 46 valence electrons. The maximum atomic E-state index is 5.00. The molecule has 1 rings (SSSR count). The summed E-state index contributed by atoms with van der Waals surface area (Å²) in [5, 5.41) is 0. The normalized spacial score (nSPS) is 25.0. The summed E-state index contributed by atoms with van der Waals surface area (Å²) in [5.74, 6) is 0. The maximum absolute atomic E-state index is 5.00. The Morgan fingerprint density at radius 3 is 3.38 bits per heavy atom. The van der Waals surface area contributed by atoms with Gasteiger partial charge in [-0.25, -0.2) is 0 Å². The van der Waals surface area contributed by atoms with Crippen LogP contribution < -0.4 is 0 Å². The van der Waals surface area contributed by atoms with Crippen LogP contribution in [0.1, 0.15) is 12.8 Å². The molecule has 2 heteroatoms. The average molecular weight is 114 g/mol. The van der Waals surface area contributed by atoms with Gasteiger partial charge in [-0.15, -0.1) is 0 Å². The summed E-state index contributed by atoms with van der Waals surface area (Å²) in [6.45, 7) is 1.24. The summed E-state index contributed by atoms with van der Waals surface area (Å²) in [4.78, 5) is 0. The number of hydrogen-bond donors (Lipinski definition) is 0. The SMILES string of the molecule is C1=C\OCOCCC/1. The summed E-state index contributed by atoms with van der Waals surface area (Å²) >= 11 is 0. The molecule has 0 aliphatic carbocycles. The topological polar surface area (TPSA) is 18.5 Å². The molecule has 0 fully saturated rings. The van der Waals surface area contributed by atoms with E-state index in [9.17, 15) is 0 Å². The van der Waals surface area contributed by atoms with Gasteiger partial charge in [-0.2, -0.15) is 0 Å². The van der Waals surface area contributed by atoms with Gasteiger partial charge in [0.15, 0.2) is 6.79 Å². The molecule has 0 saturated heterocycles. The zero-order chi connectivity index (χ0) is 5.66. The summed E-state index contributed by atoms with van der Waals surface area (Å²) < 4.78 is 9.87. The van der Waals surface area contributed by atoms with E-state index in [1.165, 1.54) is 0 Å². The van der Waals surface area contributed by atoms with Crippen molar-refractivity contribution < 1.29 is 9.47 Å². The third kappa shape index (κ3) is 1.98. The van der Waals surface area contributed by atoms with Gasteiger partial charge in [-0.1, -0.05) is 0 Å². The highest BCUT2D eigenvalue weighted by Crippen LogP contribution is 1.96. The zero-order valence-corrected chi connectivity index (χ0v) is 4.80. The fraction of sp³-hybridized carbons (Fsp3) is 0.667. The van der Waals surface area contributed by atoms with E-state index in [-0.39, 0.29) is 0 Å². The maximum Gasteiger partial charge on any atom is 0.188 e. The number of hydrogen-bond acceptors (Lipinski definition) is 2. The van der Waals surface area contributed by atoms with E-state index < -0.39 is 0 Å². The van der Waals surface area contributed by atoms with Crippen molar-refractivity contribution in [2.45, 2.75) is 12.8 Å². The highest BCUT2D eigenvalue weighted by molar-refractivity contribution is 4.73. The molecule has 0 spiro atoms. The lowest BCUT2D eigenvalue weighted by molar-refractivity contribution is -0.0158. The Bertz CT molecular complexity index is 68.6. The van der Waals surface area contributed by atoms with Gasteiger partial charge < -0.3 is 9.47 Å². The van der Waals surface area contributed by atoms with E-state index >= 15 is 0 Å². The third-order valence-electron chi connectivity index (χ3n) is 1.00. The smallest absolute Gasteiger partial charge is 0.188 e. The largest absolute Gasteiger partial charge is 0.475 e. The van der Waals surface area contributed by atoms with Crippen molar-refractivity contribution in [1.82, 2.24) is 0 Å². The average Bonchev–Trinajstić information content (AvgIpc) is 1.62.